The van der Waals surface area contributed by atoms with Gasteiger partial charge in [-0.2, -0.15) is 0 Å². The number of H-pyrrole nitrogens is 2. The van der Waals surface area contributed by atoms with Crippen molar-refractivity contribution in [3.05, 3.63) is 44.3 Å². The van der Waals surface area contributed by atoms with E-state index in [-0.39, 0.29) is 32.8 Å². The zero-order chi connectivity index (χ0) is 21.3. The Balaban J connectivity index is 2.17. The fourth-order valence-electron chi connectivity index (χ4n) is 3.52. The minimum atomic E-state index is -3.60. The van der Waals surface area contributed by atoms with Gasteiger partial charge in [0.15, 0.2) is 9.84 Å². The Morgan fingerprint density at radius 1 is 1.31 bits per heavy atom. The van der Waals surface area contributed by atoms with Crippen LogP contribution in [0.15, 0.2) is 21.8 Å². The first kappa shape index (κ1) is 21.6. The Kier molecular flexibility index (Phi) is 6.21. The van der Waals surface area contributed by atoms with Gasteiger partial charge in [0.2, 0.25) is 5.78 Å². The number of hydrogen-bond acceptors (Lipinski definition) is 6. The van der Waals surface area contributed by atoms with Gasteiger partial charge < -0.3 is 14.7 Å². The van der Waals surface area contributed by atoms with E-state index >= 15 is 0 Å². The number of morpholine rings is 1. The molecule has 2 heterocycles. The number of hydrogen-bond donors (Lipinski definition) is 2. The smallest absolute Gasteiger partial charge is 0.275 e. The molecule has 3 rings (SSSR count). The summed E-state index contributed by atoms with van der Waals surface area (Å²) in [5, 5.41) is 5.14. The fraction of sp³-hybridized carbons (Fsp3) is 0.474. The van der Waals surface area contributed by atoms with Crippen LogP contribution >= 0.6 is 11.6 Å². The molecule has 158 valence electrons. The lowest BCUT2D eigenvalue weighted by molar-refractivity contribution is 0.0383. The number of aryl methyl sites for hydroxylation is 1. The number of aromatic amines is 2. The highest BCUT2D eigenvalue weighted by atomic mass is 35.5. The Morgan fingerprint density at radius 3 is 2.66 bits per heavy atom. The number of carbonyl (C=O) groups is 1. The van der Waals surface area contributed by atoms with Crippen molar-refractivity contribution >= 4 is 32.9 Å². The molecule has 1 saturated heterocycles. The number of rotatable bonds is 6. The fourth-order valence-corrected chi connectivity index (χ4v) is 4.84. The summed E-state index contributed by atoms with van der Waals surface area (Å²) in [6.45, 7) is 5.13. The Bertz CT molecular complexity index is 1090. The number of benzene rings is 1. The van der Waals surface area contributed by atoms with Gasteiger partial charge in [0.05, 0.1) is 28.3 Å². The average Bonchev–Trinajstić information content (AvgIpc) is 3.07. The van der Waals surface area contributed by atoms with Gasteiger partial charge in [-0.15, -0.1) is 0 Å². The number of sulfone groups is 1. The second kappa shape index (κ2) is 8.33. The van der Waals surface area contributed by atoms with Crippen molar-refractivity contribution < 1.29 is 17.9 Å². The number of halogens is 1. The Labute approximate surface area is 174 Å². The highest BCUT2D eigenvalue weighted by Gasteiger charge is 2.30. The monoisotopic (exact) mass is 441 g/mol. The van der Waals surface area contributed by atoms with Gasteiger partial charge in [-0.3, -0.25) is 14.7 Å². The molecule has 1 fully saturated rings. The summed E-state index contributed by atoms with van der Waals surface area (Å²) in [4.78, 5) is 27.2. The third-order valence-corrected chi connectivity index (χ3v) is 6.58. The van der Waals surface area contributed by atoms with Crippen molar-refractivity contribution in [3.63, 3.8) is 0 Å². The summed E-state index contributed by atoms with van der Waals surface area (Å²) in [7, 11) is -3.60. The molecule has 29 heavy (non-hydrogen) atoms. The molecule has 1 aromatic carbocycles. The molecule has 2 N–H and O–H groups in total. The number of ether oxygens (including phenoxy) is 1. The summed E-state index contributed by atoms with van der Waals surface area (Å²) < 4.78 is 30.5. The molecule has 0 aliphatic carbocycles. The van der Waals surface area contributed by atoms with Crippen LogP contribution in [0, 0.1) is 0 Å². The zero-order valence-electron chi connectivity index (χ0n) is 16.5. The highest BCUT2D eigenvalue weighted by Crippen LogP contribution is 2.38. The number of carbonyl (C=O) groups excluding carboxylic acids is 1. The van der Waals surface area contributed by atoms with E-state index in [9.17, 15) is 18.0 Å². The molecular weight excluding hydrogens is 418 g/mol. The largest absolute Gasteiger partial charge is 0.375 e. The Hall–Kier alpha value is -2.10. The Morgan fingerprint density at radius 2 is 2.03 bits per heavy atom. The van der Waals surface area contributed by atoms with Crippen molar-refractivity contribution in [2.24, 2.45) is 0 Å². The number of ketones is 1. The summed E-state index contributed by atoms with van der Waals surface area (Å²) in [5.74, 6) is -0.545. The molecule has 0 saturated carbocycles. The lowest BCUT2D eigenvalue weighted by Crippen LogP contribution is -2.43. The zero-order valence-corrected chi connectivity index (χ0v) is 18.1. The number of nitrogens with zero attached hydrogens (tertiary/aromatic N) is 1. The van der Waals surface area contributed by atoms with Crippen LogP contribution in [-0.2, 0) is 21.0 Å². The topological polar surface area (TPSA) is 112 Å². The van der Waals surface area contributed by atoms with Crippen molar-refractivity contribution in [1.82, 2.24) is 10.2 Å². The maximum atomic E-state index is 13.1. The van der Waals surface area contributed by atoms with E-state index in [1.807, 2.05) is 18.7 Å². The van der Waals surface area contributed by atoms with Gasteiger partial charge in [-0.05, 0) is 25.0 Å². The molecule has 1 aliphatic rings. The van der Waals surface area contributed by atoms with E-state index < -0.39 is 21.2 Å². The van der Waals surface area contributed by atoms with Crippen molar-refractivity contribution in [1.29, 1.82) is 0 Å². The van der Waals surface area contributed by atoms with E-state index in [0.29, 0.717) is 31.8 Å². The van der Waals surface area contributed by atoms with Crippen LogP contribution in [0.25, 0.3) is 0 Å². The molecule has 10 heteroatoms. The quantitative estimate of drug-likeness (QED) is 0.664. The van der Waals surface area contributed by atoms with Crippen LogP contribution in [0.4, 0.5) is 5.69 Å². The van der Waals surface area contributed by atoms with Crippen molar-refractivity contribution in [2.45, 2.75) is 37.7 Å². The summed E-state index contributed by atoms with van der Waals surface area (Å²) in [6, 6.07) is 2.75. The molecule has 0 spiro atoms. The van der Waals surface area contributed by atoms with Gasteiger partial charge in [0.1, 0.15) is 5.56 Å². The van der Waals surface area contributed by atoms with Crippen LogP contribution in [0.2, 0.25) is 5.02 Å². The molecule has 0 bridgehead atoms. The normalized spacial score (nSPS) is 17.5. The molecule has 0 radical (unpaired) electrons. The molecule has 2 aromatic rings. The lowest BCUT2D eigenvalue weighted by Gasteiger charge is -2.35. The van der Waals surface area contributed by atoms with Crippen molar-refractivity contribution in [2.75, 3.05) is 30.9 Å². The first-order valence-corrected chi connectivity index (χ1v) is 11.7. The molecule has 1 aliphatic heterocycles. The van der Waals surface area contributed by atoms with Crippen LogP contribution in [0.5, 0.6) is 0 Å². The van der Waals surface area contributed by atoms with Crippen LogP contribution in [-0.4, -0.2) is 56.5 Å². The van der Waals surface area contributed by atoms with Crippen LogP contribution in [0.3, 0.4) is 0 Å². The second-order valence-electron chi connectivity index (χ2n) is 7.01. The van der Waals surface area contributed by atoms with E-state index in [2.05, 4.69) is 10.2 Å². The summed E-state index contributed by atoms with van der Waals surface area (Å²) >= 11 is 6.61. The van der Waals surface area contributed by atoms with Gasteiger partial charge in [0, 0.05) is 30.6 Å². The summed E-state index contributed by atoms with van der Waals surface area (Å²) in [6.07, 6.45) is 2.26. The summed E-state index contributed by atoms with van der Waals surface area (Å²) in [5.41, 5.74) is 0.303. The first-order valence-electron chi connectivity index (χ1n) is 9.42. The van der Waals surface area contributed by atoms with Crippen molar-refractivity contribution in [3.8, 4) is 0 Å². The van der Waals surface area contributed by atoms with Gasteiger partial charge in [-0.1, -0.05) is 25.4 Å². The molecular formula is C19H24ClN3O5S. The van der Waals surface area contributed by atoms with E-state index in [1.165, 1.54) is 12.1 Å². The van der Waals surface area contributed by atoms with Crippen LogP contribution < -0.4 is 10.5 Å². The standard InChI is InChI=1S/C19H24ClN3O5S/c1-4-11-10-23(8-9-28-11)17-14(29(3,26)27)7-6-12(16(17)20)18(24)15-13(5-2)21-22-19(15)25/h6-7,11H,4-5,8-10H2,1-3H3,(H2,21,22,25). The molecule has 1 unspecified atom stereocenters. The molecule has 1 aromatic heterocycles. The highest BCUT2D eigenvalue weighted by molar-refractivity contribution is 7.90. The molecule has 1 atom stereocenters. The predicted octanol–water partition coefficient (Wildman–Crippen LogP) is 2.17. The van der Waals surface area contributed by atoms with E-state index in [0.717, 1.165) is 12.7 Å². The predicted molar refractivity (Wildman–Crippen MR) is 111 cm³/mol. The van der Waals surface area contributed by atoms with E-state index in [4.69, 9.17) is 16.3 Å². The SMILES string of the molecule is CCc1[nH][nH]c(=O)c1C(=O)c1ccc(S(C)(=O)=O)c(N2CCOC(CC)C2)c1Cl. The second-order valence-corrected chi connectivity index (χ2v) is 9.37. The lowest BCUT2D eigenvalue weighted by atomic mass is 10.0. The third kappa shape index (κ3) is 4.12. The maximum absolute atomic E-state index is 13.1. The minimum Gasteiger partial charge on any atom is -0.375 e. The maximum Gasteiger partial charge on any atom is 0.275 e. The van der Waals surface area contributed by atoms with Gasteiger partial charge in [-0.25, -0.2) is 8.42 Å². The van der Waals surface area contributed by atoms with Crippen LogP contribution in [0.1, 0.15) is 41.9 Å². The molecule has 8 nitrogen and oxygen atoms in total. The number of aromatic nitrogens is 2. The van der Waals surface area contributed by atoms with Gasteiger partial charge in [0.25, 0.3) is 5.56 Å². The number of nitrogens with one attached hydrogen (secondary N) is 2. The average molecular weight is 442 g/mol. The third-order valence-electron chi connectivity index (χ3n) is 5.07. The van der Waals surface area contributed by atoms with Gasteiger partial charge >= 0.3 is 0 Å². The first-order chi connectivity index (χ1) is 13.7. The molecule has 0 amide bonds. The minimum absolute atomic E-state index is 0.0131. The van der Waals surface area contributed by atoms with E-state index in [1.54, 1.807) is 0 Å². The number of anilines is 1.